The molecule has 0 heterocycles. The first-order valence-corrected chi connectivity index (χ1v) is 6.88. The third-order valence-electron chi connectivity index (χ3n) is 2.72. The lowest BCUT2D eigenvalue weighted by Gasteiger charge is -2.09. The summed E-state index contributed by atoms with van der Waals surface area (Å²) in [6, 6.07) is 12.5. The molecule has 21 heavy (non-hydrogen) atoms. The lowest BCUT2D eigenvalue weighted by molar-refractivity contribution is -0.131. The average molecular weight is 323 g/mol. The fourth-order valence-corrected chi connectivity index (χ4v) is 2.11. The van der Waals surface area contributed by atoms with Gasteiger partial charge in [-0.3, -0.25) is 0 Å². The highest BCUT2D eigenvalue weighted by Gasteiger charge is 2.05. The van der Waals surface area contributed by atoms with Crippen molar-refractivity contribution < 1.29 is 14.6 Å². The van der Waals surface area contributed by atoms with Crippen molar-refractivity contribution in [1.29, 1.82) is 0 Å². The molecule has 0 spiro atoms. The van der Waals surface area contributed by atoms with Crippen LogP contribution in [0.2, 0.25) is 10.0 Å². The minimum atomic E-state index is -1.01. The van der Waals surface area contributed by atoms with Crippen LogP contribution < -0.4 is 4.74 Å². The predicted octanol–water partition coefficient (Wildman–Crippen LogP) is 4.67. The monoisotopic (exact) mass is 322 g/mol. The molecule has 2 rings (SSSR count). The van der Waals surface area contributed by atoms with Crippen LogP contribution in [0, 0.1) is 0 Å². The Labute approximate surface area is 132 Å². The Kier molecular flexibility index (Phi) is 5.26. The highest BCUT2D eigenvalue weighted by molar-refractivity contribution is 6.32. The maximum atomic E-state index is 10.5. The molecule has 0 unspecified atom stereocenters. The first kappa shape index (κ1) is 15.4. The third-order valence-corrected chi connectivity index (χ3v) is 3.38. The fourth-order valence-electron chi connectivity index (χ4n) is 1.68. The van der Waals surface area contributed by atoms with Crippen molar-refractivity contribution in [2.75, 3.05) is 0 Å². The van der Waals surface area contributed by atoms with E-state index in [1.165, 1.54) is 6.08 Å². The van der Waals surface area contributed by atoms with Gasteiger partial charge < -0.3 is 9.84 Å². The number of rotatable bonds is 5. The molecule has 108 valence electrons. The molecule has 2 aromatic rings. The number of carboxylic acids is 1. The van der Waals surface area contributed by atoms with Crippen LogP contribution in [0.1, 0.15) is 11.1 Å². The molecule has 0 amide bonds. The molecule has 0 aromatic heterocycles. The van der Waals surface area contributed by atoms with Crippen LogP contribution >= 0.6 is 23.2 Å². The van der Waals surface area contributed by atoms with Gasteiger partial charge in [0.1, 0.15) is 12.4 Å². The molecule has 0 saturated carbocycles. The normalized spacial score (nSPS) is 10.8. The van der Waals surface area contributed by atoms with E-state index in [2.05, 4.69) is 0 Å². The van der Waals surface area contributed by atoms with Gasteiger partial charge in [-0.25, -0.2) is 4.79 Å². The van der Waals surface area contributed by atoms with Gasteiger partial charge >= 0.3 is 5.97 Å². The average Bonchev–Trinajstić information content (AvgIpc) is 2.45. The largest absolute Gasteiger partial charge is 0.487 e. The van der Waals surface area contributed by atoms with Gasteiger partial charge in [-0.1, -0.05) is 47.5 Å². The molecule has 2 aromatic carbocycles. The molecular formula is C16H12Cl2O3. The van der Waals surface area contributed by atoms with E-state index < -0.39 is 5.97 Å². The summed E-state index contributed by atoms with van der Waals surface area (Å²) in [7, 11) is 0. The van der Waals surface area contributed by atoms with Crippen molar-refractivity contribution in [3.8, 4) is 5.75 Å². The van der Waals surface area contributed by atoms with Crippen molar-refractivity contribution in [3.63, 3.8) is 0 Å². The SMILES string of the molecule is O=C(O)C=Cc1ccc(OCc2ccccc2Cl)c(Cl)c1. The van der Waals surface area contributed by atoms with Crippen molar-refractivity contribution in [2.24, 2.45) is 0 Å². The van der Waals surface area contributed by atoms with Gasteiger partial charge in [-0.15, -0.1) is 0 Å². The molecule has 0 bridgehead atoms. The van der Waals surface area contributed by atoms with E-state index in [1.807, 2.05) is 18.2 Å². The van der Waals surface area contributed by atoms with Crippen LogP contribution in [0.15, 0.2) is 48.5 Å². The Morgan fingerprint density at radius 2 is 1.90 bits per heavy atom. The van der Waals surface area contributed by atoms with E-state index in [0.29, 0.717) is 28.0 Å². The number of ether oxygens (including phenoxy) is 1. The smallest absolute Gasteiger partial charge is 0.328 e. The van der Waals surface area contributed by atoms with E-state index in [9.17, 15) is 4.79 Å². The summed E-state index contributed by atoms with van der Waals surface area (Å²) in [6.45, 7) is 0.309. The molecule has 0 aliphatic rings. The number of carboxylic acid groups (broad SMARTS) is 1. The van der Waals surface area contributed by atoms with Crippen LogP contribution in [0.5, 0.6) is 5.75 Å². The van der Waals surface area contributed by atoms with Crippen molar-refractivity contribution in [2.45, 2.75) is 6.61 Å². The summed E-state index contributed by atoms with van der Waals surface area (Å²) in [4.78, 5) is 10.5. The molecule has 0 saturated heterocycles. The summed E-state index contributed by atoms with van der Waals surface area (Å²) in [5, 5.41) is 9.62. The molecule has 3 nitrogen and oxygen atoms in total. The lowest BCUT2D eigenvalue weighted by atomic mass is 10.2. The van der Waals surface area contributed by atoms with E-state index in [4.69, 9.17) is 33.0 Å². The zero-order valence-corrected chi connectivity index (χ0v) is 12.4. The number of aliphatic carboxylic acids is 1. The second kappa shape index (κ2) is 7.16. The maximum absolute atomic E-state index is 10.5. The van der Waals surface area contributed by atoms with Gasteiger partial charge in [0.25, 0.3) is 0 Å². The Bertz CT molecular complexity index is 681. The van der Waals surface area contributed by atoms with Gasteiger partial charge in [0.2, 0.25) is 0 Å². The van der Waals surface area contributed by atoms with Crippen LogP contribution in [-0.2, 0) is 11.4 Å². The summed E-state index contributed by atoms with van der Waals surface area (Å²) < 4.78 is 5.63. The molecular weight excluding hydrogens is 311 g/mol. The van der Waals surface area contributed by atoms with E-state index in [-0.39, 0.29) is 0 Å². The van der Waals surface area contributed by atoms with Gasteiger partial charge in [-0.05, 0) is 29.8 Å². The number of hydrogen-bond acceptors (Lipinski definition) is 2. The molecule has 0 fully saturated rings. The topological polar surface area (TPSA) is 46.5 Å². The Balaban J connectivity index is 2.08. The zero-order valence-electron chi connectivity index (χ0n) is 10.9. The number of halogens is 2. The molecule has 0 radical (unpaired) electrons. The predicted molar refractivity (Wildman–Crippen MR) is 83.9 cm³/mol. The highest BCUT2D eigenvalue weighted by atomic mass is 35.5. The Hall–Kier alpha value is -1.97. The van der Waals surface area contributed by atoms with Crippen molar-refractivity contribution >= 4 is 35.2 Å². The van der Waals surface area contributed by atoms with Crippen molar-refractivity contribution in [1.82, 2.24) is 0 Å². The first-order valence-electron chi connectivity index (χ1n) is 6.13. The quantitative estimate of drug-likeness (QED) is 0.813. The fraction of sp³-hybridized carbons (Fsp3) is 0.0625. The summed E-state index contributed by atoms with van der Waals surface area (Å²) in [6.07, 6.45) is 2.52. The molecule has 1 N–H and O–H groups in total. The van der Waals surface area contributed by atoms with Crippen molar-refractivity contribution in [3.05, 3.63) is 69.7 Å². The minimum Gasteiger partial charge on any atom is -0.487 e. The second-order valence-corrected chi connectivity index (χ2v) is 5.06. The van der Waals surface area contributed by atoms with Gasteiger partial charge in [-0.2, -0.15) is 0 Å². The second-order valence-electron chi connectivity index (χ2n) is 4.24. The third kappa shape index (κ3) is 4.52. The molecule has 0 aliphatic carbocycles. The standard InChI is InChI=1S/C16H12Cl2O3/c17-13-4-2-1-3-12(13)10-21-15-7-5-11(9-14(15)18)6-8-16(19)20/h1-9H,10H2,(H,19,20). The zero-order chi connectivity index (χ0) is 15.2. The number of benzene rings is 2. The Morgan fingerprint density at radius 1 is 1.14 bits per heavy atom. The van der Waals surface area contributed by atoms with E-state index >= 15 is 0 Å². The van der Waals surface area contributed by atoms with Gasteiger partial charge in [0.05, 0.1) is 5.02 Å². The van der Waals surface area contributed by atoms with Gasteiger partial charge in [0, 0.05) is 16.7 Å². The van der Waals surface area contributed by atoms with Crippen LogP contribution in [0.3, 0.4) is 0 Å². The first-order chi connectivity index (χ1) is 10.1. The van der Waals surface area contributed by atoms with Crippen LogP contribution in [0.4, 0.5) is 0 Å². The summed E-state index contributed by atoms with van der Waals surface area (Å²) in [5.74, 6) is -0.491. The lowest BCUT2D eigenvalue weighted by Crippen LogP contribution is -1.96. The minimum absolute atomic E-state index is 0.309. The van der Waals surface area contributed by atoms with E-state index in [0.717, 1.165) is 11.6 Å². The number of carbonyl (C=O) groups is 1. The molecule has 5 heteroatoms. The highest BCUT2D eigenvalue weighted by Crippen LogP contribution is 2.27. The van der Waals surface area contributed by atoms with Gasteiger partial charge in [0.15, 0.2) is 0 Å². The molecule has 0 atom stereocenters. The van der Waals surface area contributed by atoms with Crippen LogP contribution in [0.25, 0.3) is 6.08 Å². The number of hydrogen-bond donors (Lipinski definition) is 1. The summed E-state index contributed by atoms with van der Waals surface area (Å²) >= 11 is 12.2. The maximum Gasteiger partial charge on any atom is 0.328 e. The van der Waals surface area contributed by atoms with Crippen LogP contribution in [-0.4, -0.2) is 11.1 Å². The molecule has 0 aliphatic heterocycles. The summed E-state index contributed by atoms with van der Waals surface area (Å²) in [5.41, 5.74) is 1.55. The Morgan fingerprint density at radius 3 is 2.57 bits per heavy atom. The van der Waals surface area contributed by atoms with E-state index in [1.54, 1.807) is 24.3 Å².